The molecule has 1 aliphatic rings. The highest BCUT2D eigenvalue weighted by Crippen LogP contribution is 2.20. The van der Waals surface area contributed by atoms with E-state index < -0.39 is 0 Å². The van der Waals surface area contributed by atoms with Crippen LogP contribution in [0.2, 0.25) is 0 Å². The van der Waals surface area contributed by atoms with Gasteiger partial charge in [0.2, 0.25) is 0 Å². The summed E-state index contributed by atoms with van der Waals surface area (Å²) < 4.78 is 10.4. The zero-order valence-corrected chi connectivity index (χ0v) is 8.11. The lowest BCUT2D eigenvalue weighted by Crippen LogP contribution is -2.17. The van der Waals surface area contributed by atoms with Gasteiger partial charge in [0.05, 0.1) is 6.61 Å². The van der Waals surface area contributed by atoms with Gasteiger partial charge in [-0.15, -0.1) is 0 Å². The van der Waals surface area contributed by atoms with Gasteiger partial charge in [0.15, 0.2) is 0 Å². The first-order valence-electron chi connectivity index (χ1n) is 5.01. The van der Waals surface area contributed by atoms with E-state index in [4.69, 9.17) is 14.4 Å². The van der Waals surface area contributed by atoms with E-state index >= 15 is 0 Å². The first kappa shape index (κ1) is 9.68. The number of hydrogen-bond acceptors (Lipinski definition) is 4. The second-order valence-corrected chi connectivity index (χ2v) is 3.70. The zero-order valence-electron chi connectivity index (χ0n) is 8.11. The Morgan fingerprint density at radius 3 is 2.86 bits per heavy atom. The summed E-state index contributed by atoms with van der Waals surface area (Å²) in [5, 5.41) is 12.6. The van der Waals surface area contributed by atoms with E-state index in [2.05, 4.69) is 5.16 Å². The van der Waals surface area contributed by atoms with Crippen LogP contribution in [0, 0.1) is 5.92 Å². The van der Waals surface area contributed by atoms with E-state index in [1.807, 2.05) is 6.07 Å². The molecule has 4 heteroatoms. The summed E-state index contributed by atoms with van der Waals surface area (Å²) in [7, 11) is 0. The van der Waals surface area contributed by atoms with Crippen molar-refractivity contribution in [3.05, 3.63) is 17.5 Å². The standard InChI is InChI=1S/C10H15NO3/c12-7-9-6-10(14-11-9)5-8-1-3-13-4-2-8/h6,8,12H,1-5,7H2. The fourth-order valence-corrected chi connectivity index (χ4v) is 1.76. The molecule has 1 aromatic heterocycles. The first-order chi connectivity index (χ1) is 6.88. The van der Waals surface area contributed by atoms with Gasteiger partial charge in [0.25, 0.3) is 0 Å². The van der Waals surface area contributed by atoms with Gasteiger partial charge in [-0.05, 0) is 18.8 Å². The molecule has 78 valence electrons. The second-order valence-electron chi connectivity index (χ2n) is 3.70. The van der Waals surface area contributed by atoms with Crippen molar-refractivity contribution in [2.75, 3.05) is 13.2 Å². The van der Waals surface area contributed by atoms with E-state index in [0.29, 0.717) is 11.6 Å². The topological polar surface area (TPSA) is 55.5 Å². The second kappa shape index (κ2) is 4.57. The molecule has 0 aliphatic carbocycles. The summed E-state index contributed by atoms with van der Waals surface area (Å²) in [6.07, 6.45) is 3.10. The highest BCUT2D eigenvalue weighted by molar-refractivity contribution is 5.04. The van der Waals surface area contributed by atoms with Gasteiger partial charge < -0.3 is 14.4 Å². The average molecular weight is 197 g/mol. The largest absolute Gasteiger partial charge is 0.390 e. The molecule has 1 saturated heterocycles. The summed E-state index contributed by atoms with van der Waals surface area (Å²) in [6.45, 7) is 1.66. The van der Waals surface area contributed by atoms with Crippen molar-refractivity contribution in [3.8, 4) is 0 Å². The minimum atomic E-state index is -0.0444. The van der Waals surface area contributed by atoms with Crippen molar-refractivity contribution >= 4 is 0 Å². The molecule has 0 radical (unpaired) electrons. The van der Waals surface area contributed by atoms with Crippen LogP contribution in [0.1, 0.15) is 24.3 Å². The molecule has 1 aromatic rings. The molecule has 2 rings (SSSR count). The number of aliphatic hydroxyl groups excluding tert-OH is 1. The Kier molecular flexibility index (Phi) is 3.16. The number of hydrogen-bond donors (Lipinski definition) is 1. The number of aromatic nitrogens is 1. The Bertz CT molecular complexity index is 279. The Morgan fingerprint density at radius 1 is 1.43 bits per heavy atom. The molecule has 0 aromatic carbocycles. The van der Waals surface area contributed by atoms with Crippen LogP contribution in [-0.4, -0.2) is 23.5 Å². The highest BCUT2D eigenvalue weighted by Gasteiger charge is 2.16. The van der Waals surface area contributed by atoms with Gasteiger partial charge in [-0.2, -0.15) is 0 Å². The maximum Gasteiger partial charge on any atom is 0.137 e. The fraction of sp³-hybridized carbons (Fsp3) is 0.700. The normalized spacial score (nSPS) is 18.6. The Hall–Kier alpha value is -0.870. The lowest BCUT2D eigenvalue weighted by molar-refractivity contribution is 0.0646. The molecular formula is C10H15NO3. The molecule has 1 fully saturated rings. The van der Waals surface area contributed by atoms with Crippen molar-refractivity contribution < 1.29 is 14.4 Å². The number of nitrogens with zero attached hydrogens (tertiary/aromatic N) is 1. The summed E-state index contributed by atoms with van der Waals surface area (Å²) >= 11 is 0. The average Bonchev–Trinajstić information content (AvgIpc) is 2.67. The van der Waals surface area contributed by atoms with E-state index in [0.717, 1.165) is 38.2 Å². The summed E-state index contributed by atoms with van der Waals surface area (Å²) in [6, 6.07) is 1.83. The summed E-state index contributed by atoms with van der Waals surface area (Å²) in [4.78, 5) is 0. The maximum atomic E-state index is 8.81. The van der Waals surface area contributed by atoms with Crippen LogP contribution in [0.4, 0.5) is 0 Å². The quantitative estimate of drug-likeness (QED) is 0.789. The van der Waals surface area contributed by atoms with Gasteiger partial charge >= 0.3 is 0 Å². The van der Waals surface area contributed by atoms with Gasteiger partial charge in [-0.3, -0.25) is 0 Å². The third-order valence-corrected chi connectivity index (χ3v) is 2.60. The molecule has 0 amide bonds. The van der Waals surface area contributed by atoms with Crippen LogP contribution >= 0.6 is 0 Å². The first-order valence-corrected chi connectivity index (χ1v) is 5.01. The zero-order chi connectivity index (χ0) is 9.80. The maximum absolute atomic E-state index is 8.81. The Labute approximate surface area is 82.9 Å². The molecule has 2 heterocycles. The molecule has 1 aliphatic heterocycles. The van der Waals surface area contributed by atoms with Gasteiger partial charge in [-0.25, -0.2) is 0 Å². The monoisotopic (exact) mass is 197 g/mol. The third kappa shape index (κ3) is 2.33. The van der Waals surface area contributed by atoms with Crippen LogP contribution in [0.15, 0.2) is 10.6 Å². The van der Waals surface area contributed by atoms with Gasteiger partial charge in [0.1, 0.15) is 11.5 Å². The van der Waals surface area contributed by atoms with Crippen LogP contribution in [-0.2, 0) is 17.8 Å². The van der Waals surface area contributed by atoms with Crippen molar-refractivity contribution in [1.82, 2.24) is 5.16 Å². The van der Waals surface area contributed by atoms with Crippen molar-refractivity contribution in [2.24, 2.45) is 5.92 Å². The molecule has 0 bridgehead atoms. The number of aliphatic hydroxyl groups is 1. The van der Waals surface area contributed by atoms with Gasteiger partial charge in [0, 0.05) is 25.7 Å². The van der Waals surface area contributed by atoms with E-state index in [-0.39, 0.29) is 6.61 Å². The van der Waals surface area contributed by atoms with E-state index in [9.17, 15) is 0 Å². The predicted molar refractivity (Wildman–Crippen MR) is 49.7 cm³/mol. The molecule has 0 saturated carbocycles. The van der Waals surface area contributed by atoms with Crippen LogP contribution in [0.25, 0.3) is 0 Å². The fourth-order valence-electron chi connectivity index (χ4n) is 1.76. The predicted octanol–water partition coefficient (Wildman–Crippen LogP) is 1.14. The molecule has 4 nitrogen and oxygen atoms in total. The Morgan fingerprint density at radius 2 is 2.21 bits per heavy atom. The van der Waals surface area contributed by atoms with Crippen molar-refractivity contribution in [3.63, 3.8) is 0 Å². The molecule has 0 spiro atoms. The van der Waals surface area contributed by atoms with E-state index in [1.54, 1.807) is 0 Å². The minimum absolute atomic E-state index is 0.0444. The summed E-state index contributed by atoms with van der Waals surface area (Å²) in [5.74, 6) is 1.52. The lowest BCUT2D eigenvalue weighted by Gasteiger charge is -2.20. The van der Waals surface area contributed by atoms with E-state index in [1.165, 1.54) is 0 Å². The van der Waals surface area contributed by atoms with Gasteiger partial charge in [-0.1, -0.05) is 5.16 Å². The lowest BCUT2D eigenvalue weighted by atomic mass is 9.95. The SMILES string of the molecule is OCc1cc(CC2CCOCC2)on1. The smallest absolute Gasteiger partial charge is 0.137 e. The molecule has 14 heavy (non-hydrogen) atoms. The summed E-state index contributed by atoms with van der Waals surface area (Å²) in [5.41, 5.74) is 0.618. The van der Waals surface area contributed by atoms with Crippen molar-refractivity contribution in [1.29, 1.82) is 0 Å². The Balaban J connectivity index is 1.89. The minimum Gasteiger partial charge on any atom is -0.390 e. The highest BCUT2D eigenvalue weighted by atomic mass is 16.5. The van der Waals surface area contributed by atoms with Crippen LogP contribution < -0.4 is 0 Å². The van der Waals surface area contributed by atoms with Crippen LogP contribution in [0.5, 0.6) is 0 Å². The molecule has 0 unspecified atom stereocenters. The molecular weight excluding hydrogens is 182 g/mol. The number of rotatable bonds is 3. The number of ether oxygens (including phenoxy) is 1. The van der Waals surface area contributed by atoms with Crippen molar-refractivity contribution in [2.45, 2.75) is 25.9 Å². The third-order valence-electron chi connectivity index (χ3n) is 2.60. The van der Waals surface area contributed by atoms with Crippen LogP contribution in [0.3, 0.4) is 0 Å². The molecule has 1 N–H and O–H groups in total. The molecule has 0 atom stereocenters.